The number of para-hydroxylation sites is 2. The molecule has 0 aliphatic carbocycles. The predicted octanol–water partition coefficient (Wildman–Crippen LogP) is 2.69. The number of piperazine rings is 1. The van der Waals surface area contributed by atoms with E-state index in [1.165, 1.54) is 22.7 Å². The van der Waals surface area contributed by atoms with Crippen LogP contribution in [0.25, 0.3) is 11.5 Å². The highest BCUT2D eigenvalue weighted by molar-refractivity contribution is 7.99. The van der Waals surface area contributed by atoms with Crippen LogP contribution in [0, 0.1) is 5.82 Å². The highest BCUT2D eigenvalue weighted by atomic mass is 32.2. The summed E-state index contributed by atoms with van der Waals surface area (Å²) in [6, 6.07) is 13.4. The van der Waals surface area contributed by atoms with Gasteiger partial charge < -0.3 is 14.6 Å². The smallest absolute Gasteiger partial charge is 0.277 e. The first-order chi connectivity index (χ1) is 15.8. The number of halogens is 1. The highest BCUT2D eigenvalue weighted by Gasteiger charge is 2.25. The topological polar surface area (TPSA) is 109 Å². The molecule has 1 amide bonds. The Balaban J connectivity index is 1.36. The Hall–Kier alpha value is -2.96. The van der Waals surface area contributed by atoms with E-state index in [0.29, 0.717) is 31.9 Å². The van der Waals surface area contributed by atoms with E-state index in [1.54, 1.807) is 18.2 Å². The van der Waals surface area contributed by atoms with Gasteiger partial charge in [0.15, 0.2) is 0 Å². The average Bonchev–Trinajstić information content (AvgIpc) is 3.27. The van der Waals surface area contributed by atoms with Crippen LogP contribution in [0.15, 0.2) is 58.2 Å². The fraction of sp³-hybridized carbons (Fsp3) is 0.286. The zero-order chi connectivity index (χ0) is 23.4. The summed E-state index contributed by atoms with van der Waals surface area (Å²) in [7, 11) is -3.22. The maximum absolute atomic E-state index is 13.9. The molecule has 9 nitrogen and oxygen atoms in total. The maximum Gasteiger partial charge on any atom is 0.277 e. The number of hydrogen-bond donors (Lipinski definition) is 1. The van der Waals surface area contributed by atoms with Crippen LogP contribution in [-0.4, -0.2) is 67.0 Å². The third-order valence-corrected chi connectivity index (χ3v) is 7.19. The number of anilines is 2. The lowest BCUT2D eigenvalue weighted by atomic mass is 10.2. The first-order valence-corrected chi connectivity index (χ1v) is 12.9. The van der Waals surface area contributed by atoms with Crippen LogP contribution < -0.4 is 10.2 Å². The number of rotatable bonds is 7. The monoisotopic (exact) mass is 491 g/mol. The van der Waals surface area contributed by atoms with Gasteiger partial charge in [-0.05, 0) is 24.3 Å². The van der Waals surface area contributed by atoms with Gasteiger partial charge in [-0.25, -0.2) is 12.8 Å². The zero-order valence-electron chi connectivity index (χ0n) is 17.8. The van der Waals surface area contributed by atoms with Crippen molar-refractivity contribution in [3.8, 4) is 11.5 Å². The standard InChI is InChI=1S/C21H22FN5O4S2/c1-33(29,30)27-12-10-26(11-13-27)18-9-5-4-8-17(18)23-19(28)14-32-21-25-24-20(31-21)15-6-2-3-7-16(15)22/h2-9H,10-14H2,1H3,(H,23,28). The quantitative estimate of drug-likeness (QED) is 0.503. The van der Waals surface area contributed by atoms with Crippen molar-refractivity contribution >= 4 is 39.1 Å². The van der Waals surface area contributed by atoms with Crippen molar-refractivity contribution in [2.75, 3.05) is 48.4 Å². The van der Waals surface area contributed by atoms with Gasteiger partial charge in [0, 0.05) is 26.2 Å². The lowest BCUT2D eigenvalue weighted by molar-refractivity contribution is -0.113. The fourth-order valence-electron chi connectivity index (χ4n) is 3.44. The van der Waals surface area contributed by atoms with Crippen molar-refractivity contribution < 1.29 is 22.0 Å². The second-order valence-electron chi connectivity index (χ2n) is 7.36. The number of thioether (sulfide) groups is 1. The number of hydrogen-bond acceptors (Lipinski definition) is 8. The van der Waals surface area contributed by atoms with E-state index in [1.807, 2.05) is 23.1 Å². The number of carbonyl (C=O) groups is 1. The highest BCUT2D eigenvalue weighted by Crippen LogP contribution is 2.28. The van der Waals surface area contributed by atoms with Crippen LogP contribution in [0.3, 0.4) is 0 Å². The summed E-state index contributed by atoms with van der Waals surface area (Å²) in [6.07, 6.45) is 1.21. The molecular formula is C21H22FN5O4S2. The molecule has 1 aliphatic rings. The summed E-state index contributed by atoms with van der Waals surface area (Å²) < 4.78 is 44.3. The molecule has 1 aliphatic heterocycles. The lowest BCUT2D eigenvalue weighted by Gasteiger charge is -2.35. The Kier molecular flexibility index (Phi) is 6.96. The van der Waals surface area contributed by atoms with E-state index in [-0.39, 0.29) is 28.3 Å². The summed E-state index contributed by atoms with van der Waals surface area (Å²) in [4.78, 5) is 14.6. The Labute approximate surface area is 195 Å². The van der Waals surface area contributed by atoms with Gasteiger partial charge in [0.2, 0.25) is 15.9 Å². The number of nitrogens with one attached hydrogen (secondary N) is 1. The molecular weight excluding hydrogens is 469 g/mol. The maximum atomic E-state index is 13.9. The molecule has 1 fully saturated rings. The van der Waals surface area contributed by atoms with Crippen LogP contribution in [0.5, 0.6) is 0 Å². The van der Waals surface area contributed by atoms with Crippen molar-refractivity contribution in [2.45, 2.75) is 5.22 Å². The predicted molar refractivity (Wildman–Crippen MR) is 124 cm³/mol. The number of amides is 1. The number of nitrogens with zero attached hydrogens (tertiary/aromatic N) is 4. The average molecular weight is 492 g/mol. The molecule has 0 radical (unpaired) electrons. The summed E-state index contributed by atoms with van der Waals surface area (Å²) >= 11 is 1.05. The Bertz CT molecular complexity index is 1240. The van der Waals surface area contributed by atoms with Crippen LogP contribution in [0.2, 0.25) is 0 Å². The van der Waals surface area contributed by atoms with Gasteiger partial charge in [-0.15, -0.1) is 10.2 Å². The molecule has 1 aromatic heterocycles. The van der Waals surface area contributed by atoms with E-state index in [2.05, 4.69) is 15.5 Å². The van der Waals surface area contributed by atoms with Gasteiger partial charge in [0.05, 0.1) is 28.9 Å². The molecule has 2 aromatic carbocycles. The largest absolute Gasteiger partial charge is 0.411 e. The van der Waals surface area contributed by atoms with Crippen molar-refractivity contribution in [1.82, 2.24) is 14.5 Å². The van der Waals surface area contributed by atoms with Crippen molar-refractivity contribution in [2.24, 2.45) is 0 Å². The lowest BCUT2D eigenvalue weighted by Crippen LogP contribution is -2.48. The van der Waals surface area contributed by atoms with Gasteiger partial charge in [0.25, 0.3) is 11.1 Å². The molecule has 2 heterocycles. The molecule has 1 saturated heterocycles. The van der Waals surface area contributed by atoms with Crippen LogP contribution in [0.1, 0.15) is 0 Å². The number of aromatic nitrogens is 2. The van der Waals surface area contributed by atoms with Gasteiger partial charge in [-0.1, -0.05) is 36.0 Å². The molecule has 0 atom stereocenters. The van der Waals surface area contributed by atoms with E-state index < -0.39 is 15.8 Å². The van der Waals surface area contributed by atoms with Crippen LogP contribution in [0.4, 0.5) is 15.8 Å². The summed E-state index contributed by atoms with van der Waals surface area (Å²) in [5.74, 6) is -0.665. The van der Waals surface area contributed by atoms with Gasteiger partial charge >= 0.3 is 0 Å². The molecule has 174 valence electrons. The molecule has 1 N–H and O–H groups in total. The van der Waals surface area contributed by atoms with Crippen LogP contribution >= 0.6 is 11.8 Å². The Morgan fingerprint density at radius 3 is 2.52 bits per heavy atom. The molecule has 0 unspecified atom stereocenters. The second kappa shape index (κ2) is 9.89. The second-order valence-corrected chi connectivity index (χ2v) is 10.3. The minimum Gasteiger partial charge on any atom is -0.411 e. The number of benzene rings is 2. The third kappa shape index (κ3) is 5.70. The van der Waals surface area contributed by atoms with Gasteiger partial charge in [-0.3, -0.25) is 4.79 Å². The summed E-state index contributed by atoms with van der Waals surface area (Å²) in [6.45, 7) is 1.82. The van der Waals surface area contributed by atoms with Crippen molar-refractivity contribution in [1.29, 1.82) is 0 Å². The van der Waals surface area contributed by atoms with E-state index >= 15 is 0 Å². The Morgan fingerprint density at radius 1 is 1.09 bits per heavy atom. The molecule has 0 bridgehead atoms. The van der Waals surface area contributed by atoms with Gasteiger partial charge in [0.1, 0.15) is 5.82 Å². The van der Waals surface area contributed by atoms with Crippen LogP contribution in [-0.2, 0) is 14.8 Å². The molecule has 4 rings (SSSR count). The zero-order valence-corrected chi connectivity index (χ0v) is 19.4. The first kappa shape index (κ1) is 23.2. The molecule has 0 spiro atoms. The third-order valence-electron chi connectivity index (χ3n) is 5.06. The van der Waals surface area contributed by atoms with E-state index in [0.717, 1.165) is 17.4 Å². The normalized spacial score (nSPS) is 14.9. The molecule has 0 saturated carbocycles. The van der Waals surface area contributed by atoms with E-state index in [9.17, 15) is 17.6 Å². The van der Waals surface area contributed by atoms with Gasteiger partial charge in [-0.2, -0.15) is 4.31 Å². The van der Waals surface area contributed by atoms with Crippen molar-refractivity contribution in [3.05, 3.63) is 54.3 Å². The fourth-order valence-corrected chi connectivity index (χ4v) is 4.83. The minimum atomic E-state index is -3.22. The van der Waals surface area contributed by atoms with E-state index in [4.69, 9.17) is 4.42 Å². The first-order valence-electron chi connectivity index (χ1n) is 10.1. The SMILES string of the molecule is CS(=O)(=O)N1CCN(c2ccccc2NC(=O)CSc2nnc(-c3ccccc3F)o2)CC1. The Morgan fingerprint density at radius 2 is 1.79 bits per heavy atom. The number of sulfonamides is 1. The summed E-state index contributed by atoms with van der Waals surface area (Å²) in [5.41, 5.74) is 1.66. The molecule has 12 heteroatoms. The summed E-state index contributed by atoms with van der Waals surface area (Å²) in [5, 5.41) is 10.8. The van der Waals surface area contributed by atoms with Crippen molar-refractivity contribution in [3.63, 3.8) is 0 Å². The minimum absolute atomic E-state index is 0.0229. The molecule has 33 heavy (non-hydrogen) atoms. The molecule has 3 aromatic rings. The number of carbonyl (C=O) groups excluding carboxylic acids is 1.